The summed E-state index contributed by atoms with van der Waals surface area (Å²) in [6.45, 7) is 2.19. The summed E-state index contributed by atoms with van der Waals surface area (Å²) in [6, 6.07) is 5.57. The molecule has 7 nitrogen and oxygen atoms in total. The molecule has 2 heterocycles. The van der Waals surface area contributed by atoms with Gasteiger partial charge < -0.3 is 19.1 Å². The van der Waals surface area contributed by atoms with Crippen LogP contribution in [-0.2, 0) is 11.2 Å². The number of aromatic nitrogens is 1. The van der Waals surface area contributed by atoms with Gasteiger partial charge in [-0.2, -0.15) is 0 Å². The second-order valence-corrected chi connectivity index (χ2v) is 7.88. The van der Waals surface area contributed by atoms with Gasteiger partial charge in [-0.25, -0.2) is 9.37 Å². The van der Waals surface area contributed by atoms with Crippen LogP contribution < -0.4 is 4.90 Å². The van der Waals surface area contributed by atoms with E-state index < -0.39 is 0 Å². The van der Waals surface area contributed by atoms with Crippen LogP contribution in [0.4, 0.5) is 10.4 Å². The maximum Gasteiger partial charge on any atom is 0.298 e. The molecule has 0 spiro atoms. The van der Waals surface area contributed by atoms with Crippen molar-refractivity contribution in [1.29, 1.82) is 0 Å². The lowest BCUT2D eigenvalue weighted by Gasteiger charge is -2.34. The van der Waals surface area contributed by atoms with E-state index in [2.05, 4.69) is 4.98 Å². The first-order chi connectivity index (χ1) is 13.9. The van der Waals surface area contributed by atoms with E-state index in [9.17, 15) is 14.0 Å². The second-order valence-electron chi connectivity index (χ2n) is 7.88. The van der Waals surface area contributed by atoms with Crippen molar-refractivity contribution in [3.63, 3.8) is 0 Å². The number of carbonyl (C=O) groups is 2. The van der Waals surface area contributed by atoms with Crippen LogP contribution >= 0.6 is 0 Å². The Bertz CT molecular complexity index is 914. The zero-order valence-electron chi connectivity index (χ0n) is 16.7. The quantitative estimate of drug-likeness (QED) is 0.770. The zero-order valence-corrected chi connectivity index (χ0v) is 16.7. The molecule has 8 heteroatoms. The highest BCUT2D eigenvalue weighted by atomic mass is 19.1. The summed E-state index contributed by atoms with van der Waals surface area (Å²) in [5.74, 6) is 0.0999. The minimum Gasteiger partial charge on any atom is -0.418 e. The minimum absolute atomic E-state index is 0.0147. The molecule has 2 aliphatic rings. The van der Waals surface area contributed by atoms with Gasteiger partial charge >= 0.3 is 0 Å². The van der Waals surface area contributed by atoms with Crippen molar-refractivity contribution in [2.45, 2.75) is 25.2 Å². The number of nitrogens with zero attached hydrogens (tertiary/aromatic N) is 4. The van der Waals surface area contributed by atoms with Gasteiger partial charge in [-0.3, -0.25) is 9.59 Å². The Morgan fingerprint density at radius 2 is 1.93 bits per heavy atom. The molecular formula is C21H25FN4O3. The fraction of sp³-hybridized carbons (Fsp3) is 0.476. The van der Waals surface area contributed by atoms with Crippen molar-refractivity contribution in [1.82, 2.24) is 14.8 Å². The van der Waals surface area contributed by atoms with E-state index >= 15 is 0 Å². The van der Waals surface area contributed by atoms with Crippen molar-refractivity contribution in [3.8, 4) is 0 Å². The van der Waals surface area contributed by atoms with Gasteiger partial charge in [0.2, 0.25) is 11.7 Å². The molecule has 2 amide bonds. The number of rotatable bonds is 5. The van der Waals surface area contributed by atoms with Crippen LogP contribution in [0.3, 0.4) is 0 Å². The van der Waals surface area contributed by atoms with Gasteiger partial charge in [0.1, 0.15) is 5.82 Å². The number of anilines is 1. The number of hydrogen-bond acceptors (Lipinski definition) is 5. The van der Waals surface area contributed by atoms with Crippen molar-refractivity contribution >= 4 is 17.8 Å². The molecule has 2 aromatic rings. The summed E-state index contributed by atoms with van der Waals surface area (Å²) in [4.78, 5) is 33.9. The van der Waals surface area contributed by atoms with Gasteiger partial charge in [-0.05, 0) is 36.0 Å². The molecule has 1 aromatic heterocycles. The molecule has 4 rings (SSSR count). The number of amides is 2. The Labute approximate surface area is 169 Å². The molecule has 0 N–H and O–H groups in total. The maximum atomic E-state index is 14.2. The molecule has 154 valence electrons. The zero-order chi connectivity index (χ0) is 20.5. The Morgan fingerprint density at radius 1 is 1.21 bits per heavy atom. The number of benzene rings is 1. The predicted molar refractivity (Wildman–Crippen MR) is 105 cm³/mol. The predicted octanol–water partition coefficient (Wildman–Crippen LogP) is 2.28. The monoisotopic (exact) mass is 400 g/mol. The van der Waals surface area contributed by atoms with Gasteiger partial charge in [0, 0.05) is 40.3 Å². The molecule has 2 fully saturated rings. The van der Waals surface area contributed by atoms with Crippen molar-refractivity contribution in [2.75, 3.05) is 45.2 Å². The standard InChI is InChI=1S/C21H25FN4O3/c1-24(2)20(28)18-13-23-21(29-18)26-9-7-25(8-10-26)19(27)12-14-3-6-16(15-4-5-15)17(22)11-14/h3,6,11,13,15H,4-5,7-10,12H2,1-2H3. The third kappa shape index (κ3) is 4.26. The van der Waals surface area contributed by atoms with E-state index in [1.807, 2.05) is 17.0 Å². The van der Waals surface area contributed by atoms with E-state index in [4.69, 9.17) is 4.42 Å². The Kier molecular flexibility index (Phi) is 5.25. The van der Waals surface area contributed by atoms with Gasteiger partial charge in [0.15, 0.2) is 0 Å². The second kappa shape index (κ2) is 7.85. The van der Waals surface area contributed by atoms with Crippen LogP contribution in [0.5, 0.6) is 0 Å². The molecule has 0 atom stereocenters. The van der Waals surface area contributed by atoms with E-state index in [1.165, 1.54) is 17.2 Å². The Morgan fingerprint density at radius 3 is 2.55 bits per heavy atom. The molecule has 1 saturated heterocycles. The van der Waals surface area contributed by atoms with Crippen LogP contribution in [0.2, 0.25) is 0 Å². The summed E-state index contributed by atoms with van der Waals surface area (Å²) in [6.07, 6.45) is 3.72. The van der Waals surface area contributed by atoms with Crippen LogP contribution in [0, 0.1) is 5.82 Å². The number of halogens is 1. The molecular weight excluding hydrogens is 375 g/mol. The lowest BCUT2D eigenvalue weighted by molar-refractivity contribution is -0.130. The summed E-state index contributed by atoms with van der Waals surface area (Å²) in [5.41, 5.74) is 1.48. The van der Waals surface area contributed by atoms with Crippen LogP contribution in [0.1, 0.15) is 40.4 Å². The van der Waals surface area contributed by atoms with E-state index in [-0.39, 0.29) is 29.8 Å². The summed E-state index contributed by atoms with van der Waals surface area (Å²) >= 11 is 0. The molecule has 0 bridgehead atoms. The topological polar surface area (TPSA) is 69.9 Å². The highest BCUT2D eigenvalue weighted by Crippen LogP contribution is 2.41. The van der Waals surface area contributed by atoms with Crippen LogP contribution in [-0.4, -0.2) is 66.9 Å². The van der Waals surface area contributed by atoms with Crippen LogP contribution in [0.25, 0.3) is 0 Å². The Balaban J connectivity index is 1.32. The molecule has 29 heavy (non-hydrogen) atoms. The van der Waals surface area contributed by atoms with Gasteiger partial charge in [-0.15, -0.1) is 0 Å². The number of hydrogen-bond donors (Lipinski definition) is 0. The first kappa shape index (κ1) is 19.4. The fourth-order valence-electron chi connectivity index (χ4n) is 3.57. The average molecular weight is 400 g/mol. The summed E-state index contributed by atoms with van der Waals surface area (Å²) in [5, 5.41) is 0. The fourth-order valence-corrected chi connectivity index (χ4v) is 3.57. The third-order valence-corrected chi connectivity index (χ3v) is 5.45. The molecule has 0 unspecified atom stereocenters. The van der Waals surface area contributed by atoms with Gasteiger partial charge in [0.25, 0.3) is 11.9 Å². The first-order valence-corrected chi connectivity index (χ1v) is 9.91. The molecule has 0 radical (unpaired) electrons. The largest absolute Gasteiger partial charge is 0.418 e. The van der Waals surface area contributed by atoms with Crippen molar-refractivity contribution in [2.24, 2.45) is 0 Å². The summed E-state index contributed by atoms with van der Waals surface area (Å²) in [7, 11) is 3.31. The smallest absolute Gasteiger partial charge is 0.298 e. The van der Waals surface area contributed by atoms with Crippen LogP contribution in [0.15, 0.2) is 28.8 Å². The molecule has 1 aliphatic carbocycles. The SMILES string of the molecule is CN(C)C(=O)c1cnc(N2CCN(C(=O)Cc3ccc(C4CC4)c(F)c3)CC2)o1. The highest BCUT2D eigenvalue weighted by molar-refractivity contribution is 5.91. The van der Waals surface area contributed by atoms with E-state index in [1.54, 1.807) is 19.0 Å². The number of piperazine rings is 1. The number of carbonyl (C=O) groups excluding carboxylic acids is 2. The van der Waals surface area contributed by atoms with E-state index in [0.717, 1.165) is 18.4 Å². The lowest BCUT2D eigenvalue weighted by atomic mass is 10.0. The highest BCUT2D eigenvalue weighted by Gasteiger charge is 2.27. The normalized spacial score (nSPS) is 16.8. The van der Waals surface area contributed by atoms with E-state index in [0.29, 0.717) is 43.7 Å². The van der Waals surface area contributed by atoms with Gasteiger partial charge in [0.05, 0.1) is 12.6 Å². The maximum absolute atomic E-state index is 14.2. The summed E-state index contributed by atoms with van der Waals surface area (Å²) < 4.78 is 19.8. The molecule has 1 aliphatic heterocycles. The number of oxazole rings is 1. The third-order valence-electron chi connectivity index (χ3n) is 5.45. The Hall–Kier alpha value is -2.90. The average Bonchev–Trinajstić information content (AvgIpc) is 3.43. The lowest BCUT2D eigenvalue weighted by Crippen LogP contribution is -2.49. The molecule has 1 aromatic carbocycles. The first-order valence-electron chi connectivity index (χ1n) is 9.91. The van der Waals surface area contributed by atoms with Gasteiger partial charge in [-0.1, -0.05) is 12.1 Å². The van der Waals surface area contributed by atoms with Crippen molar-refractivity contribution in [3.05, 3.63) is 47.1 Å². The minimum atomic E-state index is -0.238. The van der Waals surface area contributed by atoms with Crippen molar-refractivity contribution < 1.29 is 18.4 Å². The molecule has 1 saturated carbocycles.